The summed E-state index contributed by atoms with van der Waals surface area (Å²) in [4.78, 5) is 0. The molecule has 1 aliphatic rings. The average molecular weight is 284 g/mol. The van der Waals surface area contributed by atoms with Gasteiger partial charge in [0.1, 0.15) is 0 Å². The molecule has 1 aromatic rings. The molecular weight excluding hydrogens is 258 g/mol. The Bertz CT molecular complexity index is 414. The Labute approximate surface area is 121 Å². The van der Waals surface area contributed by atoms with E-state index in [0.29, 0.717) is 6.04 Å². The Hall–Kier alpha value is -0.540. The Balaban J connectivity index is 1.95. The molecule has 0 bridgehead atoms. The topological polar surface area (TPSA) is 29.9 Å². The zero-order valence-corrected chi connectivity index (χ0v) is 13.1. The molecule has 1 aliphatic carbocycles. The highest BCUT2D eigenvalue weighted by molar-refractivity contribution is 6.31. The van der Waals surface area contributed by atoms with Crippen molar-refractivity contribution in [1.29, 1.82) is 0 Å². The predicted octanol–water partition coefficient (Wildman–Crippen LogP) is 3.48. The molecule has 4 heteroatoms. The zero-order valence-electron chi connectivity index (χ0n) is 12.4. The summed E-state index contributed by atoms with van der Waals surface area (Å²) < 4.78 is 1.96. The second-order valence-corrected chi connectivity index (χ2v) is 6.24. The van der Waals surface area contributed by atoms with Crippen LogP contribution in [0.3, 0.4) is 0 Å². The lowest BCUT2D eigenvalue weighted by Gasteiger charge is -2.30. The third-order valence-corrected chi connectivity index (χ3v) is 4.70. The normalized spacial score (nSPS) is 23.8. The minimum absolute atomic E-state index is 0.701. The molecular formula is C15H26ClN3. The standard InChI is InChI=1S/C15H26ClN3/c1-4-8-17-13-7-5-6-12(9-13)10-14-15(16)11(2)18-19(14)3/h12-13,17H,4-10H2,1-3H3. The molecule has 0 amide bonds. The molecule has 0 spiro atoms. The van der Waals surface area contributed by atoms with Crippen LogP contribution < -0.4 is 5.32 Å². The number of nitrogens with zero attached hydrogens (tertiary/aromatic N) is 2. The molecule has 0 saturated heterocycles. The molecule has 1 fully saturated rings. The molecule has 1 saturated carbocycles. The Morgan fingerprint density at radius 3 is 2.84 bits per heavy atom. The molecule has 108 valence electrons. The minimum Gasteiger partial charge on any atom is -0.314 e. The summed E-state index contributed by atoms with van der Waals surface area (Å²) in [7, 11) is 2.00. The third kappa shape index (κ3) is 3.73. The summed E-state index contributed by atoms with van der Waals surface area (Å²) >= 11 is 6.35. The van der Waals surface area contributed by atoms with Gasteiger partial charge in [-0.1, -0.05) is 24.9 Å². The molecule has 0 aliphatic heterocycles. The van der Waals surface area contributed by atoms with E-state index in [0.717, 1.165) is 29.6 Å². The number of halogens is 1. The van der Waals surface area contributed by atoms with E-state index in [1.165, 1.54) is 37.8 Å². The first-order valence-electron chi connectivity index (χ1n) is 7.53. The largest absolute Gasteiger partial charge is 0.314 e. The van der Waals surface area contributed by atoms with Crippen LogP contribution in [0.15, 0.2) is 0 Å². The highest BCUT2D eigenvalue weighted by Crippen LogP contribution is 2.30. The first-order chi connectivity index (χ1) is 9.11. The van der Waals surface area contributed by atoms with Crippen molar-refractivity contribution in [1.82, 2.24) is 15.1 Å². The molecule has 0 aromatic carbocycles. The van der Waals surface area contributed by atoms with Gasteiger partial charge in [0.25, 0.3) is 0 Å². The monoisotopic (exact) mass is 283 g/mol. The van der Waals surface area contributed by atoms with Gasteiger partial charge < -0.3 is 5.32 Å². The van der Waals surface area contributed by atoms with Crippen LogP contribution in [0.5, 0.6) is 0 Å². The molecule has 1 aromatic heterocycles. The summed E-state index contributed by atoms with van der Waals surface area (Å²) in [5.74, 6) is 0.746. The molecule has 19 heavy (non-hydrogen) atoms. The van der Waals surface area contributed by atoms with E-state index in [9.17, 15) is 0 Å². The molecule has 1 heterocycles. The third-order valence-electron chi connectivity index (χ3n) is 4.21. The van der Waals surface area contributed by atoms with Crippen LogP contribution in [0.1, 0.15) is 50.4 Å². The van der Waals surface area contributed by atoms with E-state index in [1.807, 2.05) is 18.7 Å². The first-order valence-corrected chi connectivity index (χ1v) is 7.91. The van der Waals surface area contributed by atoms with Crippen LogP contribution in [-0.2, 0) is 13.5 Å². The molecule has 2 rings (SSSR count). The maximum atomic E-state index is 6.35. The fourth-order valence-electron chi connectivity index (χ4n) is 3.19. The predicted molar refractivity (Wildman–Crippen MR) is 80.7 cm³/mol. The van der Waals surface area contributed by atoms with Gasteiger partial charge in [0.2, 0.25) is 0 Å². The van der Waals surface area contributed by atoms with Gasteiger partial charge in [0, 0.05) is 13.1 Å². The Morgan fingerprint density at radius 2 is 2.21 bits per heavy atom. The van der Waals surface area contributed by atoms with Gasteiger partial charge in [-0.05, 0) is 51.5 Å². The quantitative estimate of drug-likeness (QED) is 0.897. The molecule has 2 unspecified atom stereocenters. The van der Waals surface area contributed by atoms with E-state index in [1.54, 1.807) is 0 Å². The van der Waals surface area contributed by atoms with Gasteiger partial charge in [-0.25, -0.2) is 0 Å². The summed E-state index contributed by atoms with van der Waals surface area (Å²) in [5.41, 5.74) is 2.16. The number of aryl methyl sites for hydroxylation is 2. The first kappa shape index (κ1) is 14.9. The van der Waals surface area contributed by atoms with E-state index in [4.69, 9.17) is 11.6 Å². The van der Waals surface area contributed by atoms with Crippen LogP contribution >= 0.6 is 11.6 Å². The second kappa shape index (κ2) is 6.76. The highest BCUT2D eigenvalue weighted by Gasteiger charge is 2.24. The second-order valence-electron chi connectivity index (χ2n) is 5.86. The van der Waals surface area contributed by atoms with Crippen molar-refractivity contribution >= 4 is 11.6 Å². The van der Waals surface area contributed by atoms with Crippen LogP contribution in [0.25, 0.3) is 0 Å². The zero-order chi connectivity index (χ0) is 13.8. The number of hydrogen-bond acceptors (Lipinski definition) is 2. The number of aromatic nitrogens is 2. The van der Waals surface area contributed by atoms with Gasteiger partial charge >= 0.3 is 0 Å². The Kier molecular flexibility index (Phi) is 5.28. The molecule has 2 atom stereocenters. The fraction of sp³-hybridized carbons (Fsp3) is 0.800. The van der Waals surface area contributed by atoms with Crippen molar-refractivity contribution in [3.8, 4) is 0 Å². The van der Waals surface area contributed by atoms with Crippen molar-refractivity contribution in [2.75, 3.05) is 6.54 Å². The van der Waals surface area contributed by atoms with Crippen LogP contribution in [0, 0.1) is 12.8 Å². The minimum atomic E-state index is 0.701. The highest BCUT2D eigenvalue weighted by atomic mass is 35.5. The lowest BCUT2D eigenvalue weighted by molar-refractivity contribution is 0.281. The van der Waals surface area contributed by atoms with Crippen LogP contribution in [0.2, 0.25) is 5.02 Å². The maximum absolute atomic E-state index is 6.35. The van der Waals surface area contributed by atoms with E-state index >= 15 is 0 Å². The molecule has 0 radical (unpaired) electrons. The average Bonchev–Trinajstić information content (AvgIpc) is 2.64. The van der Waals surface area contributed by atoms with Gasteiger partial charge in [-0.15, -0.1) is 0 Å². The van der Waals surface area contributed by atoms with Gasteiger partial charge in [0.15, 0.2) is 0 Å². The van der Waals surface area contributed by atoms with E-state index in [2.05, 4.69) is 17.3 Å². The summed E-state index contributed by atoms with van der Waals surface area (Å²) in [6, 6.07) is 0.701. The van der Waals surface area contributed by atoms with E-state index in [-0.39, 0.29) is 0 Å². The van der Waals surface area contributed by atoms with Crippen molar-refractivity contribution in [2.45, 2.75) is 58.4 Å². The van der Waals surface area contributed by atoms with Crippen molar-refractivity contribution in [3.63, 3.8) is 0 Å². The van der Waals surface area contributed by atoms with Gasteiger partial charge in [-0.3, -0.25) is 4.68 Å². The van der Waals surface area contributed by atoms with Gasteiger partial charge in [-0.2, -0.15) is 5.10 Å². The summed E-state index contributed by atoms with van der Waals surface area (Å²) in [6.07, 6.45) is 7.55. The number of nitrogens with one attached hydrogen (secondary N) is 1. The van der Waals surface area contributed by atoms with Crippen molar-refractivity contribution < 1.29 is 0 Å². The van der Waals surface area contributed by atoms with Crippen molar-refractivity contribution in [3.05, 3.63) is 16.4 Å². The van der Waals surface area contributed by atoms with Crippen molar-refractivity contribution in [2.24, 2.45) is 13.0 Å². The number of hydrogen-bond donors (Lipinski definition) is 1. The van der Waals surface area contributed by atoms with Gasteiger partial charge in [0.05, 0.1) is 16.4 Å². The van der Waals surface area contributed by atoms with Crippen LogP contribution in [-0.4, -0.2) is 22.4 Å². The maximum Gasteiger partial charge on any atom is 0.0847 e. The Morgan fingerprint density at radius 1 is 1.42 bits per heavy atom. The summed E-state index contributed by atoms with van der Waals surface area (Å²) in [5, 5.41) is 8.95. The van der Waals surface area contributed by atoms with Crippen LogP contribution in [0.4, 0.5) is 0 Å². The molecule has 1 N–H and O–H groups in total. The fourth-order valence-corrected chi connectivity index (χ4v) is 3.42. The molecule has 3 nitrogen and oxygen atoms in total. The lowest BCUT2D eigenvalue weighted by Crippen LogP contribution is -2.35. The smallest absolute Gasteiger partial charge is 0.0847 e. The SMILES string of the molecule is CCCNC1CCCC(Cc2c(Cl)c(C)nn2C)C1. The summed E-state index contributed by atoms with van der Waals surface area (Å²) in [6.45, 7) is 5.35. The van der Waals surface area contributed by atoms with E-state index < -0.39 is 0 Å². The number of rotatable bonds is 5. The lowest BCUT2D eigenvalue weighted by atomic mass is 9.83.